The zero-order valence-electron chi connectivity index (χ0n) is 33.6. The molecule has 0 aromatic carbocycles. The molecule has 1 aliphatic carbocycles. The van der Waals surface area contributed by atoms with Crippen LogP contribution in [0.15, 0.2) is 127 Å². The lowest BCUT2D eigenvalue weighted by Gasteiger charge is -2.39. The lowest BCUT2D eigenvalue weighted by atomic mass is 9.63. The van der Waals surface area contributed by atoms with Gasteiger partial charge in [-0.15, -0.1) is 0 Å². The minimum Gasteiger partial charge on any atom is -0.469 e. The van der Waals surface area contributed by atoms with Crippen molar-refractivity contribution in [1.82, 2.24) is 10.6 Å². The highest BCUT2D eigenvalue weighted by Crippen LogP contribution is 2.56. The number of esters is 3. The number of fused-ring (bicyclic) bond motifs is 9. The fourth-order valence-electron chi connectivity index (χ4n) is 8.80. The Bertz CT molecular complexity index is 2150. The Labute approximate surface area is 333 Å². The van der Waals surface area contributed by atoms with Crippen molar-refractivity contribution in [3.8, 4) is 0 Å². The molecular weight excluding hydrogens is 729 g/mol. The molecule has 1 fully saturated rings. The predicted octanol–water partition coefficient (Wildman–Crippen LogP) is 4.40. The summed E-state index contributed by atoms with van der Waals surface area (Å²) in [7, 11) is 4.01. The highest BCUT2D eigenvalue weighted by Gasteiger charge is 2.51. The molecule has 302 valence electrons. The number of rotatable bonds is 12. The first-order valence-electron chi connectivity index (χ1n) is 19.1. The van der Waals surface area contributed by atoms with Gasteiger partial charge in [0, 0.05) is 51.9 Å². The van der Waals surface area contributed by atoms with Crippen LogP contribution in [0, 0.1) is 17.3 Å². The monoisotopic (exact) mass is 780 g/mol. The number of carbonyl (C=O) groups excluding carboxylic acids is 3. The summed E-state index contributed by atoms with van der Waals surface area (Å²) >= 11 is 0. The van der Waals surface area contributed by atoms with Crippen molar-refractivity contribution < 1.29 is 43.9 Å². The van der Waals surface area contributed by atoms with Crippen molar-refractivity contribution in [2.24, 2.45) is 27.2 Å². The Morgan fingerprint density at radius 2 is 1.61 bits per heavy atom. The third-order valence-corrected chi connectivity index (χ3v) is 12.2. The number of aliphatic hydroxyl groups excluding tert-OH is 2. The number of nitrogens with one attached hydrogen (secondary N) is 2. The van der Waals surface area contributed by atoms with Crippen LogP contribution in [-0.4, -0.2) is 90.8 Å². The number of allylic oxidation sites excluding steroid dienone is 10. The number of hydrogen-bond donors (Lipinski definition) is 5. The second-order valence-corrected chi connectivity index (χ2v) is 15.3. The number of carbonyl (C=O) groups is 3. The molecule has 0 aromatic rings. The predicted molar refractivity (Wildman–Crippen MR) is 215 cm³/mol. The summed E-state index contributed by atoms with van der Waals surface area (Å²) in [5.41, 5.74) is 6.53. The molecule has 5 aliphatic heterocycles. The van der Waals surface area contributed by atoms with Gasteiger partial charge in [-0.3, -0.25) is 14.4 Å². The molecule has 0 amide bonds. The van der Waals surface area contributed by atoms with Gasteiger partial charge < -0.3 is 40.2 Å². The first kappa shape index (κ1) is 41.3. The van der Waals surface area contributed by atoms with E-state index in [0.29, 0.717) is 41.1 Å². The first-order chi connectivity index (χ1) is 27.2. The van der Waals surface area contributed by atoms with Crippen LogP contribution in [0.2, 0.25) is 0 Å². The molecule has 2 unspecified atom stereocenters. The Balaban J connectivity index is 1.64. The van der Waals surface area contributed by atoms with Gasteiger partial charge in [0.15, 0.2) is 0 Å². The van der Waals surface area contributed by atoms with Crippen molar-refractivity contribution in [1.29, 1.82) is 0 Å². The van der Waals surface area contributed by atoms with E-state index in [9.17, 15) is 29.7 Å². The van der Waals surface area contributed by atoms with E-state index in [1.54, 1.807) is 13.0 Å². The number of hydrogen-bond acceptors (Lipinski definition) is 13. The van der Waals surface area contributed by atoms with Gasteiger partial charge in [0.05, 0.1) is 76.2 Å². The summed E-state index contributed by atoms with van der Waals surface area (Å²) in [4.78, 5) is 48.1. The molecule has 57 heavy (non-hydrogen) atoms. The molecule has 5 N–H and O–H groups in total. The minimum atomic E-state index is -2.05. The fraction of sp³-hybridized carbons (Fsp3) is 0.432. The summed E-state index contributed by atoms with van der Waals surface area (Å²) in [5, 5.41) is 40.0. The lowest BCUT2D eigenvalue weighted by Crippen LogP contribution is -2.40. The molecule has 8 bridgehead atoms. The molecule has 1 saturated heterocycles. The smallest absolute Gasteiger partial charge is 0.309 e. The second kappa shape index (κ2) is 16.2. The zero-order valence-corrected chi connectivity index (χ0v) is 33.6. The maximum absolute atomic E-state index is 13.1. The van der Waals surface area contributed by atoms with Crippen molar-refractivity contribution in [2.75, 3.05) is 34.5 Å². The Kier molecular flexibility index (Phi) is 11.8. The third-order valence-electron chi connectivity index (χ3n) is 12.2. The van der Waals surface area contributed by atoms with Crippen LogP contribution in [0.3, 0.4) is 0 Å². The molecule has 13 heteroatoms. The Morgan fingerprint density at radius 3 is 2.26 bits per heavy atom. The number of methoxy groups -OCH3 is 3. The molecule has 0 aromatic heterocycles. The van der Waals surface area contributed by atoms with Crippen LogP contribution in [0.25, 0.3) is 0 Å². The average Bonchev–Trinajstić information content (AvgIpc) is 3.86. The van der Waals surface area contributed by atoms with Gasteiger partial charge in [-0.25, -0.2) is 9.98 Å². The minimum absolute atomic E-state index is 0.0415. The largest absolute Gasteiger partial charge is 0.469 e. The zero-order chi connectivity index (χ0) is 41.4. The van der Waals surface area contributed by atoms with E-state index >= 15 is 0 Å². The van der Waals surface area contributed by atoms with Gasteiger partial charge in [-0.2, -0.15) is 0 Å². The van der Waals surface area contributed by atoms with Gasteiger partial charge in [0.1, 0.15) is 5.60 Å². The standard InChI is InChI=1S/C44H52N4O9/c1-9-27-23(2)32-18-36-29-14-13-26(15-40(52)56-7)30(16-41(53)57-8)43(29,5)38(48-36)20-33-25(4)42(44(54,21-49)22-50)37(47-33)19-35-28(11-10-12-39(51)55-6)24(3)31(46-35)17-34(27)45-32/h9,13-14,17-20,24,30-31,46,48-50,54H,1,10-12,15-16,21-22H2,2-8H3/b34-17-,36-18-,37-19-,38-20-/t24?,30-,31?,43+/m1/s1. The van der Waals surface area contributed by atoms with Crippen molar-refractivity contribution >= 4 is 29.3 Å². The van der Waals surface area contributed by atoms with Gasteiger partial charge >= 0.3 is 17.9 Å². The van der Waals surface area contributed by atoms with E-state index in [1.165, 1.54) is 21.3 Å². The quantitative estimate of drug-likeness (QED) is 0.140. The lowest BCUT2D eigenvalue weighted by molar-refractivity contribution is -0.143. The number of ether oxygens (including phenoxy) is 3. The maximum atomic E-state index is 13.1. The SMILES string of the molecule is C=CC1=C(C)C2=NC/1=C\C1NC(=C(CCCC(=O)OC)C1C)/C=C1N=C(/C=C3\N/C(=C\2)C2=CC=C(CC(=O)OC)[C@@H](CC(=O)OC)[C@]23C)C(C)=C\1C(O)(CO)CO. The van der Waals surface area contributed by atoms with Gasteiger partial charge in [0.25, 0.3) is 0 Å². The van der Waals surface area contributed by atoms with Crippen LogP contribution in [0.1, 0.15) is 59.8 Å². The van der Waals surface area contributed by atoms with Gasteiger partial charge in [0.2, 0.25) is 0 Å². The molecule has 0 spiro atoms. The highest BCUT2D eigenvalue weighted by molar-refractivity contribution is 6.14. The number of nitrogens with zero attached hydrogens (tertiary/aromatic N) is 2. The second-order valence-electron chi connectivity index (χ2n) is 15.3. The van der Waals surface area contributed by atoms with E-state index < -0.39 is 42.1 Å². The van der Waals surface area contributed by atoms with Crippen LogP contribution in [0.4, 0.5) is 0 Å². The topological polar surface area (TPSA) is 188 Å². The molecule has 4 atom stereocenters. The molecule has 0 radical (unpaired) electrons. The number of aliphatic hydroxyl groups is 3. The van der Waals surface area contributed by atoms with E-state index in [-0.39, 0.29) is 42.8 Å². The Hall–Kier alpha value is -5.37. The summed E-state index contributed by atoms with van der Waals surface area (Å²) in [6.07, 6.45) is 14.6. The van der Waals surface area contributed by atoms with Gasteiger partial charge in [-0.05, 0) is 80.2 Å². The molecule has 0 saturated carbocycles. The van der Waals surface area contributed by atoms with E-state index in [2.05, 4.69) is 30.2 Å². The Morgan fingerprint density at radius 1 is 0.947 bits per heavy atom. The van der Waals surface area contributed by atoms with Gasteiger partial charge in [-0.1, -0.05) is 37.3 Å². The summed E-state index contributed by atoms with van der Waals surface area (Å²) in [5.74, 6) is -1.80. The molecule has 5 heterocycles. The molecular formula is C44H52N4O9. The van der Waals surface area contributed by atoms with Crippen molar-refractivity contribution in [2.45, 2.75) is 71.4 Å². The summed E-state index contributed by atoms with van der Waals surface area (Å²) < 4.78 is 15.1. The summed E-state index contributed by atoms with van der Waals surface area (Å²) in [6, 6.07) is -0.225. The first-order valence-corrected chi connectivity index (χ1v) is 19.1. The highest BCUT2D eigenvalue weighted by atomic mass is 16.5. The van der Waals surface area contributed by atoms with Crippen LogP contribution in [-0.2, 0) is 28.6 Å². The number of aliphatic imine (C=N–C) groups is 2. The fourth-order valence-corrected chi connectivity index (χ4v) is 8.80. The van der Waals surface area contributed by atoms with Crippen LogP contribution < -0.4 is 10.6 Å². The maximum Gasteiger partial charge on any atom is 0.309 e. The van der Waals surface area contributed by atoms with E-state index in [0.717, 1.165) is 45.1 Å². The molecule has 6 aliphatic rings. The molecule has 6 rings (SSSR count). The van der Waals surface area contributed by atoms with Crippen LogP contribution >= 0.6 is 0 Å². The van der Waals surface area contributed by atoms with E-state index in [1.807, 2.05) is 44.2 Å². The van der Waals surface area contributed by atoms with Crippen LogP contribution in [0.5, 0.6) is 0 Å². The van der Waals surface area contributed by atoms with Crippen molar-refractivity contribution in [3.05, 3.63) is 117 Å². The summed E-state index contributed by atoms with van der Waals surface area (Å²) in [6.45, 7) is 10.5. The third kappa shape index (κ3) is 7.35. The average molecular weight is 781 g/mol. The van der Waals surface area contributed by atoms with E-state index in [4.69, 9.17) is 24.2 Å². The molecule has 13 nitrogen and oxygen atoms in total. The van der Waals surface area contributed by atoms with Crippen molar-refractivity contribution in [3.63, 3.8) is 0 Å². The normalized spacial score (nSPS) is 28.8.